The van der Waals surface area contributed by atoms with Crippen molar-refractivity contribution in [3.8, 4) is 0 Å². The molecule has 16 heavy (non-hydrogen) atoms. The smallest absolute Gasteiger partial charge is 0.315 e. The average Bonchev–Trinajstić information content (AvgIpc) is 2.16. The van der Waals surface area contributed by atoms with E-state index in [9.17, 15) is 4.79 Å². The van der Waals surface area contributed by atoms with Crippen molar-refractivity contribution in [1.29, 1.82) is 0 Å². The zero-order chi connectivity index (χ0) is 12.6. The molecule has 0 aliphatic carbocycles. The molecule has 0 aliphatic heterocycles. The van der Waals surface area contributed by atoms with E-state index < -0.39 is 0 Å². The van der Waals surface area contributed by atoms with Gasteiger partial charge in [0.15, 0.2) is 0 Å². The van der Waals surface area contributed by atoms with Gasteiger partial charge in [-0.05, 0) is 26.2 Å². The minimum atomic E-state index is -0.196. The molecule has 0 saturated carbocycles. The molecule has 2 amide bonds. The van der Waals surface area contributed by atoms with Crippen molar-refractivity contribution in [3.63, 3.8) is 0 Å². The summed E-state index contributed by atoms with van der Waals surface area (Å²) < 4.78 is 0. The first-order valence-corrected chi connectivity index (χ1v) is 6.13. The van der Waals surface area contributed by atoms with Gasteiger partial charge in [-0.15, -0.1) is 0 Å². The molecule has 0 heterocycles. The van der Waals surface area contributed by atoms with Crippen molar-refractivity contribution in [2.75, 3.05) is 6.61 Å². The van der Waals surface area contributed by atoms with Crippen molar-refractivity contribution in [1.82, 2.24) is 10.6 Å². The maximum absolute atomic E-state index is 11.4. The Kier molecular flexibility index (Phi) is 7.99. The molecule has 2 atom stereocenters. The molecule has 0 aliphatic rings. The van der Waals surface area contributed by atoms with Gasteiger partial charge in [0, 0.05) is 6.04 Å². The highest BCUT2D eigenvalue weighted by Crippen LogP contribution is 2.07. The van der Waals surface area contributed by atoms with Crippen LogP contribution in [-0.2, 0) is 0 Å². The molecule has 3 N–H and O–H groups in total. The zero-order valence-electron chi connectivity index (χ0n) is 10.9. The highest BCUT2D eigenvalue weighted by atomic mass is 16.3. The Morgan fingerprint density at radius 1 is 1.06 bits per heavy atom. The molecule has 2 unspecified atom stereocenters. The Morgan fingerprint density at radius 3 is 2.12 bits per heavy atom. The Hall–Kier alpha value is -0.770. The molecular formula is C12H26N2O2. The van der Waals surface area contributed by atoms with Crippen LogP contribution < -0.4 is 10.6 Å². The van der Waals surface area contributed by atoms with Crippen molar-refractivity contribution < 1.29 is 9.90 Å². The van der Waals surface area contributed by atoms with E-state index in [-0.39, 0.29) is 24.7 Å². The van der Waals surface area contributed by atoms with Crippen molar-refractivity contribution in [3.05, 3.63) is 0 Å². The van der Waals surface area contributed by atoms with Crippen LogP contribution in [0, 0.1) is 5.92 Å². The van der Waals surface area contributed by atoms with E-state index >= 15 is 0 Å². The van der Waals surface area contributed by atoms with E-state index in [2.05, 4.69) is 24.5 Å². The molecule has 0 bridgehead atoms. The van der Waals surface area contributed by atoms with Gasteiger partial charge in [-0.2, -0.15) is 0 Å². The lowest BCUT2D eigenvalue weighted by atomic mass is 10.0. The third kappa shape index (κ3) is 8.53. The van der Waals surface area contributed by atoms with Crippen molar-refractivity contribution >= 4 is 6.03 Å². The molecule has 0 aromatic carbocycles. The molecule has 0 spiro atoms. The van der Waals surface area contributed by atoms with Crippen LogP contribution >= 0.6 is 0 Å². The number of urea groups is 1. The monoisotopic (exact) mass is 230 g/mol. The van der Waals surface area contributed by atoms with Gasteiger partial charge in [-0.25, -0.2) is 4.79 Å². The summed E-state index contributed by atoms with van der Waals surface area (Å²) in [6, 6.07) is -0.203. The minimum Gasteiger partial charge on any atom is -0.394 e. The molecule has 0 radical (unpaired) electrons. The van der Waals surface area contributed by atoms with Crippen LogP contribution in [0.1, 0.15) is 47.0 Å². The second kappa shape index (κ2) is 8.39. The molecule has 0 saturated heterocycles. The first-order chi connectivity index (χ1) is 7.45. The molecule has 4 nitrogen and oxygen atoms in total. The van der Waals surface area contributed by atoms with E-state index in [0.717, 1.165) is 18.8 Å². The third-order valence-electron chi connectivity index (χ3n) is 2.45. The fourth-order valence-corrected chi connectivity index (χ4v) is 1.44. The van der Waals surface area contributed by atoms with E-state index in [1.54, 1.807) is 6.92 Å². The number of nitrogens with one attached hydrogen (secondary N) is 2. The van der Waals surface area contributed by atoms with Crippen molar-refractivity contribution in [2.45, 2.75) is 59.0 Å². The van der Waals surface area contributed by atoms with E-state index in [4.69, 9.17) is 5.11 Å². The first-order valence-electron chi connectivity index (χ1n) is 6.13. The Labute approximate surface area is 98.8 Å². The van der Waals surface area contributed by atoms with Gasteiger partial charge >= 0.3 is 6.03 Å². The lowest BCUT2D eigenvalue weighted by Gasteiger charge is -2.17. The lowest BCUT2D eigenvalue weighted by Crippen LogP contribution is -2.45. The molecular weight excluding hydrogens is 204 g/mol. The number of rotatable bonds is 7. The van der Waals surface area contributed by atoms with Crippen LogP contribution in [0.15, 0.2) is 0 Å². The van der Waals surface area contributed by atoms with Crippen LogP contribution in [0.5, 0.6) is 0 Å². The SMILES string of the molecule is CC(C)CCCC(C)NC(=O)NC(C)CO. The minimum absolute atomic E-state index is 0.0326. The highest BCUT2D eigenvalue weighted by Gasteiger charge is 2.09. The maximum atomic E-state index is 11.4. The topological polar surface area (TPSA) is 61.4 Å². The van der Waals surface area contributed by atoms with Crippen LogP contribution in [0.3, 0.4) is 0 Å². The molecule has 4 heteroatoms. The molecule has 96 valence electrons. The van der Waals surface area contributed by atoms with Gasteiger partial charge in [0.25, 0.3) is 0 Å². The summed E-state index contributed by atoms with van der Waals surface area (Å²) in [6.45, 7) is 8.14. The average molecular weight is 230 g/mol. The number of aliphatic hydroxyl groups excluding tert-OH is 1. The largest absolute Gasteiger partial charge is 0.394 e. The standard InChI is InChI=1S/C12H26N2O2/c1-9(2)6-5-7-10(3)13-12(16)14-11(4)8-15/h9-11,15H,5-8H2,1-4H3,(H2,13,14,16). The summed E-state index contributed by atoms with van der Waals surface area (Å²) in [4.78, 5) is 11.4. The maximum Gasteiger partial charge on any atom is 0.315 e. The normalized spacial score (nSPS) is 14.6. The van der Waals surface area contributed by atoms with Gasteiger partial charge in [0.05, 0.1) is 12.6 Å². The predicted molar refractivity (Wildman–Crippen MR) is 66.4 cm³/mol. The Balaban J connectivity index is 3.62. The molecule has 0 fully saturated rings. The van der Waals surface area contributed by atoms with E-state index in [0.29, 0.717) is 0 Å². The fourth-order valence-electron chi connectivity index (χ4n) is 1.44. The fraction of sp³-hybridized carbons (Fsp3) is 0.917. The molecule has 0 rings (SSSR count). The summed E-state index contributed by atoms with van der Waals surface area (Å²) in [5.74, 6) is 0.718. The van der Waals surface area contributed by atoms with E-state index in [1.807, 2.05) is 6.92 Å². The van der Waals surface area contributed by atoms with Crippen LogP contribution in [-0.4, -0.2) is 29.8 Å². The summed E-state index contributed by atoms with van der Waals surface area (Å²) in [5.41, 5.74) is 0. The summed E-state index contributed by atoms with van der Waals surface area (Å²) in [5, 5.41) is 14.3. The summed E-state index contributed by atoms with van der Waals surface area (Å²) in [6.07, 6.45) is 3.33. The van der Waals surface area contributed by atoms with Gasteiger partial charge in [0.2, 0.25) is 0 Å². The van der Waals surface area contributed by atoms with Gasteiger partial charge in [-0.3, -0.25) is 0 Å². The number of hydrogen-bond acceptors (Lipinski definition) is 2. The Morgan fingerprint density at radius 2 is 1.62 bits per heavy atom. The number of carbonyl (C=O) groups excluding carboxylic acids is 1. The van der Waals surface area contributed by atoms with E-state index in [1.165, 1.54) is 6.42 Å². The predicted octanol–water partition coefficient (Wildman–Crippen LogP) is 1.88. The van der Waals surface area contributed by atoms with Gasteiger partial charge < -0.3 is 15.7 Å². The number of amides is 2. The second-order valence-electron chi connectivity index (χ2n) is 4.93. The Bertz CT molecular complexity index is 195. The lowest BCUT2D eigenvalue weighted by molar-refractivity contribution is 0.217. The number of carbonyl (C=O) groups is 1. The van der Waals surface area contributed by atoms with Gasteiger partial charge in [0.1, 0.15) is 0 Å². The quantitative estimate of drug-likeness (QED) is 0.625. The number of aliphatic hydroxyl groups is 1. The molecule has 0 aromatic rings. The van der Waals surface area contributed by atoms with Crippen LogP contribution in [0.2, 0.25) is 0 Å². The number of hydrogen-bond donors (Lipinski definition) is 3. The zero-order valence-corrected chi connectivity index (χ0v) is 10.9. The first kappa shape index (κ1) is 15.2. The molecule has 0 aromatic heterocycles. The van der Waals surface area contributed by atoms with Crippen LogP contribution in [0.25, 0.3) is 0 Å². The summed E-state index contributed by atoms with van der Waals surface area (Å²) >= 11 is 0. The summed E-state index contributed by atoms with van der Waals surface area (Å²) in [7, 11) is 0. The highest BCUT2D eigenvalue weighted by molar-refractivity contribution is 5.74. The second-order valence-corrected chi connectivity index (χ2v) is 4.93. The van der Waals surface area contributed by atoms with Crippen LogP contribution in [0.4, 0.5) is 4.79 Å². The van der Waals surface area contributed by atoms with Gasteiger partial charge in [-0.1, -0.05) is 26.7 Å². The van der Waals surface area contributed by atoms with Crippen molar-refractivity contribution in [2.24, 2.45) is 5.92 Å². The third-order valence-corrected chi connectivity index (χ3v) is 2.45.